The van der Waals surface area contributed by atoms with Crippen LogP contribution in [-0.2, 0) is 11.8 Å². The van der Waals surface area contributed by atoms with E-state index in [-0.39, 0.29) is 11.8 Å². The highest BCUT2D eigenvalue weighted by Gasteiger charge is 2.27. The van der Waals surface area contributed by atoms with Crippen LogP contribution in [0.4, 0.5) is 11.5 Å². The van der Waals surface area contributed by atoms with E-state index in [2.05, 4.69) is 44.2 Å². The third-order valence-corrected chi connectivity index (χ3v) is 8.29. The molecule has 0 radical (unpaired) electrons. The molecular weight excluding hydrogens is 454 g/mol. The number of aromatic nitrogens is 5. The molecule has 8 nitrogen and oxygen atoms in total. The molecule has 1 N–H and O–H groups in total. The van der Waals surface area contributed by atoms with Crippen LogP contribution in [0, 0.1) is 19.8 Å². The Hall–Kier alpha value is -2.98. The normalized spacial score (nSPS) is 14.7. The monoisotopic (exact) mass is 479 g/mol. The number of hydrogen-bond donors (Lipinski definition) is 1. The predicted molar refractivity (Wildman–Crippen MR) is 132 cm³/mol. The van der Waals surface area contributed by atoms with Gasteiger partial charge in [0.15, 0.2) is 5.16 Å². The summed E-state index contributed by atoms with van der Waals surface area (Å²) in [6.07, 6.45) is 4.94. The minimum absolute atomic E-state index is 0.00317. The summed E-state index contributed by atoms with van der Waals surface area (Å²) in [7, 11) is 1.91. The van der Waals surface area contributed by atoms with E-state index in [1.165, 1.54) is 22.2 Å². The van der Waals surface area contributed by atoms with Crippen molar-refractivity contribution in [3.63, 3.8) is 0 Å². The Balaban J connectivity index is 1.20. The van der Waals surface area contributed by atoms with E-state index in [4.69, 9.17) is 0 Å². The summed E-state index contributed by atoms with van der Waals surface area (Å²) in [5.74, 6) is 1.08. The lowest BCUT2D eigenvalue weighted by Gasteiger charge is -2.32. The first kappa shape index (κ1) is 21.8. The van der Waals surface area contributed by atoms with Crippen molar-refractivity contribution in [3.8, 4) is 0 Å². The molecule has 4 aromatic rings. The lowest BCUT2D eigenvalue weighted by molar-refractivity contribution is -0.120. The number of amides is 1. The van der Waals surface area contributed by atoms with Gasteiger partial charge in [-0.05, 0) is 68.3 Å². The summed E-state index contributed by atoms with van der Waals surface area (Å²) in [5.41, 5.74) is 2.07. The van der Waals surface area contributed by atoms with Gasteiger partial charge in [-0.3, -0.25) is 4.79 Å². The van der Waals surface area contributed by atoms with Crippen molar-refractivity contribution in [3.05, 3.63) is 47.4 Å². The average molecular weight is 480 g/mol. The molecule has 1 aromatic carbocycles. The molecule has 10 heteroatoms. The van der Waals surface area contributed by atoms with Crippen LogP contribution in [0.1, 0.15) is 23.3 Å². The van der Waals surface area contributed by atoms with Crippen LogP contribution in [0.25, 0.3) is 10.2 Å². The first-order valence-corrected chi connectivity index (χ1v) is 12.5. The summed E-state index contributed by atoms with van der Waals surface area (Å²) in [6, 6.07) is 7.85. The maximum absolute atomic E-state index is 12.9. The molecule has 0 aliphatic carbocycles. The third-order valence-electron chi connectivity index (χ3n) is 6.11. The second kappa shape index (κ2) is 9.11. The Morgan fingerprint density at radius 1 is 1.15 bits per heavy atom. The number of rotatable bonds is 5. The molecular formula is C23H25N7OS2. The van der Waals surface area contributed by atoms with E-state index >= 15 is 0 Å². The van der Waals surface area contributed by atoms with Gasteiger partial charge in [0.05, 0.1) is 5.39 Å². The number of hydrogen-bond acceptors (Lipinski definition) is 8. The van der Waals surface area contributed by atoms with Crippen molar-refractivity contribution in [1.82, 2.24) is 24.7 Å². The Labute approximate surface area is 200 Å². The standard InChI is InChI=1S/C23H25N7OS2/c1-14-15(2)32-22-19(14)20(24-12-25-22)30-10-8-16(9-11-30)21(31)27-17-4-6-18(7-5-17)33-23-28-26-13-29(23)3/h4-7,12-13,16H,8-11H2,1-3H3,(H,27,31). The maximum atomic E-state index is 12.9. The Bertz CT molecular complexity index is 1290. The molecule has 0 bridgehead atoms. The number of benzene rings is 1. The van der Waals surface area contributed by atoms with Crippen LogP contribution < -0.4 is 10.2 Å². The first-order chi connectivity index (χ1) is 16.0. The summed E-state index contributed by atoms with van der Waals surface area (Å²) in [5, 5.41) is 13.0. The fraction of sp³-hybridized carbons (Fsp3) is 0.348. The molecule has 1 saturated heterocycles. The van der Waals surface area contributed by atoms with Gasteiger partial charge in [-0.25, -0.2) is 9.97 Å². The molecule has 170 valence electrons. The molecule has 1 amide bonds. The van der Waals surface area contributed by atoms with Crippen LogP contribution in [0.15, 0.2) is 47.0 Å². The van der Waals surface area contributed by atoms with Gasteiger partial charge >= 0.3 is 0 Å². The van der Waals surface area contributed by atoms with Crippen molar-refractivity contribution in [1.29, 1.82) is 0 Å². The van der Waals surface area contributed by atoms with Crippen molar-refractivity contribution < 1.29 is 4.79 Å². The predicted octanol–water partition coefficient (Wildman–Crippen LogP) is 4.44. The molecule has 1 fully saturated rings. The van der Waals surface area contributed by atoms with Gasteiger partial charge in [0.25, 0.3) is 0 Å². The fourth-order valence-corrected chi connectivity index (χ4v) is 5.83. The number of aryl methyl sites for hydroxylation is 3. The van der Waals surface area contributed by atoms with Gasteiger partial charge in [-0.2, -0.15) is 0 Å². The van der Waals surface area contributed by atoms with E-state index in [9.17, 15) is 4.79 Å². The van der Waals surface area contributed by atoms with E-state index in [0.717, 1.165) is 57.7 Å². The lowest BCUT2D eigenvalue weighted by Crippen LogP contribution is -2.38. The number of carbonyl (C=O) groups is 1. The number of nitrogens with one attached hydrogen (secondary N) is 1. The zero-order valence-electron chi connectivity index (χ0n) is 18.8. The zero-order chi connectivity index (χ0) is 22.9. The van der Waals surface area contributed by atoms with Gasteiger partial charge in [-0.1, -0.05) is 0 Å². The average Bonchev–Trinajstić information content (AvgIpc) is 3.37. The second-order valence-corrected chi connectivity index (χ2v) is 10.5. The second-order valence-electron chi connectivity index (χ2n) is 8.26. The van der Waals surface area contributed by atoms with Gasteiger partial charge in [0.1, 0.15) is 23.3 Å². The fourth-order valence-electron chi connectivity index (χ4n) is 4.08. The van der Waals surface area contributed by atoms with Gasteiger partial charge in [0.2, 0.25) is 5.91 Å². The van der Waals surface area contributed by atoms with Crippen LogP contribution in [0.2, 0.25) is 0 Å². The van der Waals surface area contributed by atoms with Gasteiger partial charge in [0, 0.05) is 41.5 Å². The van der Waals surface area contributed by atoms with E-state index in [1.807, 2.05) is 35.9 Å². The minimum Gasteiger partial charge on any atom is -0.356 e. The topological polar surface area (TPSA) is 88.8 Å². The number of nitrogens with zero attached hydrogens (tertiary/aromatic N) is 6. The minimum atomic E-state index is -0.00317. The molecule has 0 unspecified atom stereocenters. The maximum Gasteiger partial charge on any atom is 0.227 e. The van der Waals surface area contributed by atoms with E-state index in [0.29, 0.717) is 0 Å². The van der Waals surface area contributed by atoms with E-state index < -0.39 is 0 Å². The quantitative estimate of drug-likeness (QED) is 0.453. The molecule has 1 aliphatic rings. The third kappa shape index (κ3) is 4.45. The Morgan fingerprint density at radius 2 is 1.91 bits per heavy atom. The summed E-state index contributed by atoms with van der Waals surface area (Å²) < 4.78 is 1.88. The number of anilines is 2. The smallest absolute Gasteiger partial charge is 0.227 e. The number of thiophene rings is 1. The van der Waals surface area contributed by atoms with Crippen LogP contribution in [0.3, 0.4) is 0 Å². The molecule has 0 spiro atoms. The molecule has 3 aromatic heterocycles. The lowest BCUT2D eigenvalue weighted by atomic mass is 9.95. The number of carbonyl (C=O) groups excluding carboxylic acids is 1. The van der Waals surface area contributed by atoms with Crippen molar-refractivity contribution in [2.75, 3.05) is 23.3 Å². The molecule has 1 aliphatic heterocycles. The highest BCUT2D eigenvalue weighted by molar-refractivity contribution is 7.99. The highest BCUT2D eigenvalue weighted by Crippen LogP contribution is 2.35. The number of piperidine rings is 1. The first-order valence-electron chi connectivity index (χ1n) is 10.9. The van der Waals surface area contributed by atoms with Crippen LogP contribution in [0.5, 0.6) is 0 Å². The van der Waals surface area contributed by atoms with Crippen molar-refractivity contribution in [2.24, 2.45) is 13.0 Å². The number of fused-ring (bicyclic) bond motifs is 1. The van der Waals surface area contributed by atoms with Gasteiger partial charge < -0.3 is 14.8 Å². The largest absolute Gasteiger partial charge is 0.356 e. The van der Waals surface area contributed by atoms with Crippen LogP contribution >= 0.6 is 23.1 Å². The summed E-state index contributed by atoms with van der Waals surface area (Å²) in [6.45, 7) is 5.89. The molecule has 0 atom stereocenters. The Morgan fingerprint density at radius 3 is 2.61 bits per heavy atom. The summed E-state index contributed by atoms with van der Waals surface area (Å²) in [4.78, 5) is 27.6. The van der Waals surface area contributed by atoms with Crippen LogP contribution in [-0.4, -0.2) is 43.7 Å². The molecule has 0 saturated carbocycles. The Kier molecular flexibility index (Phi) is 6.03. The SMILES string of the molecule is Cc1sc2ncnc(N3CCC(C(=O)Nc4ccc(Sc5nncn5C)cc4)CC3)c2c1C. The molecule has 4 heterocycles. The zero-order valence-corrected chi connectivity index (χ0v) is 20.4. The van der Waals surface area contributed by atoms with Gasteiger partial charge in [-0.15, -0.1) is 21.5 Å². The summed E-state index contributed by atoms with van der Waals surface area (Å²) >= 11 is 3.25. The highest BCUT2D eigenvalue weighted by atomic mass is 32.2. The van der Waals surface area contributed by atoms with E-state index in [1.54, 1.807) is 24.0 Å². The van der Waals surface area contributed by atoms with Crippen molar-refractivity contribution >= 4 is 50.7 Å². The molecule has 33 heavy (non-hydrogen) atoms. The van der Waals surface area contributed by atoms with Crippen molar-refractivity contribution in [2.45, 2.75) is 36.7 Å². The molecule has 5 rings (SSSR count).